The van der Waals surface area contributed by atoms with Crippen molar-refractivity contribution in [2.24, 2.45) is 0 Å². The molecule has 108 valence electrons. The van der Waals surface area contributed by atoms with Crippen molar-refractivity contribution in [2.45, 2.75) is 12.8 Å². The van der Waals surface area contributed by atoms with Gasteiger partial charge in [-0.3, -0.25) is 4.79 Å². The number of carbonyl (C=O) groups excluding carboxylic acids is 1. The summed E-state index contributed by atoms with van der Waals surface area (Å²) in [5.74, 6) is 0. The summed E-state index contributed by atoms with van der Waals surface area (Å²) in [5, 5.41) is 0. The van der Waals surface area contributed by atoms with Gasteiger partial charge in [0, 0.05) is 10.0 Å². The third-order valence-corrected chi connectivity index (χ3v) is 3.64. The quantitative estimate of drug-likeness (QED) is 0.524. The van der Waals surface area contributed by atoms with Gasteiger partial charge in [-0.05, 0) is 30.0 Å². The minimum Gasteiger partial charge on any atom is -0.298 e. The van der Waals surface area contributed by atoms with E-state index in [1.165, 1.54) is 5.56 Å². The van der Waals surface area contributed by atoms with E-state index >= 15 is 0 Å². The highest BCUT2D eigenvalue weighted by atomic mass is 79.9. The van der Waals surface area contributed by atoms with Crippen LogP contribution < -0.4 is 0 Å². The molecule has 0 bridgehead atoms. The minimum atomic E-state index is 0.757. The van der Waals surface area contributed by atoms with Gasteiger partial charge >= 0.3 is 0 Å². The van der Waals surface area contributed by atoms with E-state index in [1.54, 1.807) is 6.08 Å². The van der Waals surface area contributed by atoms with Crippen LogP contribution in [0.15, 0.2) is 78.3 Å². The molecule has 2 aromatic rings. The number of aldehydes is 1. The first-order valence-electron chi connectivity index (χ1n) is 6.71. The molecule has 0 saturated heterocycles. The molecule has 0 aliphatic rings. The average Bonchev–Trinajstić information content (AvgIpc) is 2.51. The van der Waals surface area contributed by atoms with Crippen molar-refractivity contribution in [3.8, 4) is 0 Å². The highest BCUT2D eigenvalue weighted by molar-refractivity contribution is 9.10. The van der Waals surface area contributed by atoms with Gasteiger partial charge in [0.15, 0.2) is 0 Å². The van der Waals surface area contributed by atoms with E-state index in [0.717, 1.165) is 34.7 Å². The van der Waals surface area contributed by atoms with Gasteiger partial charge in [-0.25, -0.2) is 0 Å². The Morgan fingerprint density at radius 1 is 0.857 bits per heavy atom. The number of allylic oxidation sites excluding steroid dienone is 2. The molecule has 0 aromatic heterocycles. The number of rotatable bonds is 5. The van der Waals surface area contributed by atoms with Gasteiger partial charge in [0.2, 0.25) is 0 Å². The maximum atomic E-state index is 10.5. The molecule has 0 heterocycles. The first kappa shape index (κ1) is 17.1. The second-order valence-corrected chi connectivity index (χ2v) is 5.25. The summed E-state index contributed by atoms with van der Waals surface area (Å²) in [4.78, 5) is 10.5. The van der Waals surface area contributed by atoms with E-state index in [9.17, 15) is 4.79 Å². The predicted molar refractivity (Wildman–Crippen MR) is 93.8 cm³/mol. The highest BCUT2D eigenvalue weighted by Crippen LogP contribution is 2.16. The zero-order valence-electron chi connectivity index (χ0n) is 12.0. The van der Waals surface area contributed by atoms with Crippen LogP contribution in [0.4, 0.5) is 0 Å². The normalized spacial score (nSPS) is 9.19. The van der Waals surface area contributed by atoms with Crippen LogP contribution in [0.25, 0.3) is 0 Å². The number of benzene rings is 2. The van der Waals surface area contributed by atoms with Crippen LogP contribution in [-0.2, 0) is 12.8 Å². The van der Waals surface area contributed by atoms with E-state index in [0.29, 0.717) is 0 Å². The van der Waals surface area contributed by atoms with E-state index in [-0.39, 0.29) is 0 Å². The van der Waals surface area contributed by atoms with E-state index < -0.39 is 0 Å². The van der Waals surface area contributed by atoms with Crippen molar-refractivity contribution in [1.29, 1.82) is 0 Å². The van der Waals surface area contributed by atoms with Gasteiger partial charge in [-0.15, -0.1) is 13.2 Å². The summed E-state index contributed by atoms with van der Waals surface area (Å²) in [7, 11) is 0. The van der Waals surface area contributed by atoms with Crippen molar-refractivity contribution in [1.82, 2.24) is 0 Å². The standard InChI is InChI=1S/C10H10O.C9H9Br/c1-2-5-9-6-3-4-7-10(9)8-11;1-2-5-8-6-3-4-7-9(8)10/h2-4,6-8H,1,5H2;2-4,6-7H,1,5H2. The zero-order chi connectivity index (χ0) is 15.5. The van der Waals surface area contributed by atoms with Crippen LogP contribution in [0.2, 0.25) is 0 Å². The van der Waals surface area contributed by atoms with Crippen LogP contribution in [-0.4, -0.2) is 6.29 Å². The topological polar surface area (TPSA) is 17.1 Å². The lowest BCUT2D eigenvalue weighted by Gasteiger charge is -1.98. The number of halogens is 1. The summed E-state index contributed by atoms with van der Waals surface area (Å²) >= 11 is 3.45. The van der Waals surface area contributed by atoms with Gasteiger partial charge in [0.25, 0.3) is 0 Å². The third kappa shape index (κ3) is 5.92. The van der Waals surface area contributed by atoms with Crippen LogP contribution >= 0.6 is 15.9 Å². The van der Waals surface area contributed by atoms with Crippen LogP contribution in [0.5, 0.6) is 0 Å². The van der Waals surface area contributed by atoms with Gasteiger partial charge in [0.05, 0.1) is 0 Å². The Balaban J connectivity index is 0.000000211. The van der Waals surface area contributed by atoms with Crippen molar-refractivity contribution < 1.29 is 4.79 Å². The largest absolute Gasteiger partial charge is 0.298 e. The molecule has 21 heavy (non-hydrogen) atoms. The third-order valence-electron chi connectivity index (χ3n) is 2.87. The Bertz CT molecular complexity index is 602. The Morgan fingerprint density at radius 3 is 1.95 bits per heavy atom. The summed E-state index contributed by atoms with van der Waals surface area (Å²) in [6, 6.07) is 15.7. The smallest absolute Gasteiger partial charge is 0.150 e. The molecule has 2 aromatic carbocycles. The molecule has 0 atom stereocenters. The fourth-order valence-electron chi connectivity index (χ4n) is 1.81. The predicted octanol–water partition coefficient (Wildman–Crippen LogP) is 5.41. The van der Waals surface area contributed by atoms with Gasteiger partial charge in [0.1, 0.15) is 6.29 Å². The second-order valence-electron chi connectivity index (χ2n) is 4.39. The molecule has 0 radical (unpaired) electrons. The molecule has 1 nitrogen and oxygen atoms in total. The van der Waals surface area contributed by atoms with Crippen molar-refractivity contribution in [2.75, 3.05) is 0 Å². The highest BCUT2D eigenvalue weighted by Gasteiger charge is 1.95. The Labute approximate surface area is 135 Å². The number of hydrogen-bond donors (Lipinski definition) is 0. The first-order chi connectivity index (χ1) is 10.2. The molecule has 0 aliphatic heterocycles. The lowest BCUT2D eigenvalue weighted by atomic mass is 10.1. The molecule has 2 heteroatoms. The van der Waals surface area contributed by atoms with Gasteiger partial charge in [-0.1, -0.05) is 70.5 Å². The van der Waals surface area contributed by atoms with Gasteiger partial charge in [-0.2, -0.15) is 0 Å². The Kier molecular flexibility index (Phi) is 8.07. The number of carbonyl (C=O) groups is 1. The van der Waals surface area contributed by atoms with E-state index in [2.05, 4.69) is 35.2 Å². The summed E-state index contributed by atoms with van der Waals surface area (Å²) in [6.07, 6.45) is 6.26. The molecular formula is C19H19BrO. The SMILES string of the molecule is C=CCc1ccccc1Br.C=CCc1ccccc1C=O. The zero-order valence-corrected chi connectivity index (χ0v) is 13.6. The van der Waals surface area contributed by atoms with E-state index in [4.69, 9.17) is 0 Å². The molecule has 0 saturated carbocycles. The first-order valence-corrected chi connectivity index (χ1v) is 7.50. The molecular weight excluding hydrogens is 324 g/mol. The Morgan fingerprint density at radius 2 is 1.38 bits per heavy atom. The van der Waals surface area contributed by atoms with E-state index in [1.807, 2.05) is 48.5 Å². The molecule has 0 N–H and O–H groups in total. The Hall–Kier alpha value is -1.93. The fraction of sp³-hybridized carbons (Fsp3) is 0.105. The molecule has 0 spiro atoms. The summed E-state index contributed by atoms with van der Waals surface area (Å²) < 4.78 is 1.16. The maximum absolute atomic E-state index is 10.5. The van der Waals surface area contributed by atoms with Gasteiger partial charge < -0.3 is 0 Å². The van der Waals surface area contributed by atoms with Crippen molar-refractivity contribution in [3.63, 3.8) is 0 Å². The van der Waals surface area contributed by atoms with Crippen molar-refractivity contribution >= 4 is 22.2 Å². The summed E-state index contributed by atoms with van der Waals surface area (Å²) in [5.41, 5.74) is 3.09. The average molecular weight is 343 g/mol. The molecule has 0 unspecified atom stereocenters. The molecule has 0 fully saturated rings. The minimum absolute atomic E-state index is 0.757. The molecule has 0 amide bonds. The lowest BCUT2D eigenvalue weighted by Crippen LogP contribution is -1.88. The van der Waals surface area contributed by atoms with Crippen LogP contribution in [0, 0.1) is 0 Å². The summed E-state index contributed by atoms with van der Waals surface area (Å²) in [6.45, 7) is 7.29. The molecule has 0 aliphatic carbocycles. The van der Waals surface area contributed by atoms with Crippen LogP contribution in [0.1, 0.15) is 21.5 Å². The fourth-order valence-corrected chi connectivity index (χ4v) is 2.26. The number of hydrogen-bond acceptors (Lipinski definition) is 1. The maximum Gasteiger partial charge on any atom is 0.150 e. The second kappa shape index (κ2) is 9.89. The van der Waals surface area contributed by atoms with Crippen molar-refractivity contribution in [3.05, 3.63) is 95.0 Å². The lowest BCUT2D eigenvalue weighted by molar-refractivity contribution is 0.112. The monoisotopic (exact) mass is 342 g/mol. The molecule has 2 rings (SSSR count). The van der Waals surface area contributed by atoms with Crippen LogP contribution in [0.3, 0.4) is 0 Å².